The molecule has 0 amide bonds. The maximum atomic E-state index is 11.3. The highest BCUT2D eigenvalue weighted by atomic mass is 16.5. The molecule has 0 aliphatic heterocycles. The summed E-state index contributed by atoms with van der Waals surface area (Å²) in [7, 11) is 0. The van der Waals surface area contributed by atoms with Crippen LogP contribution in [0.3, 0.4) is 0 Å². The smallest absolute Gasteiger partial charge is 0.302 e. The van der Waals surface area contributed by atoms with Crippen molar-refractivity contribution in [3.8, 4) is 0 Å². The Balaban J connectivity index is 1.59. The second kappa shape index (κ2) is 5.50. The maximum absolute atomic E-state index is 11.3. The minimum absolute atomic E-state index is 0.121. The number of esters is 1. The molecular formula is C21H30O2. The normalized spacial score (nSPS) is 42.5. The molecule has 0 heterocycles. The third-order valence-corrected chi connectivity index (χ3v) is 7.54. The van der Waals surface area contributed by atoms with Crippen LogP contribution in [-0.2, 0) is 9.53 Å². The van der Waals surface area contributed by atoms with E-state index in [1.165, 1.54) is 45.4 Å². The predicted molar refractivity (Wildman–Crippen MR) is 91.9 cm³/mol. The average Bonchev–Trinajstić information content (AvgIpc) is 2.89. The zero-order chi connectivity index (χ0) is 16.2. The molecule has 0 radical (unpaired) electrons. The minimum atomic E-state index is -0.123. The lowest BCUT2D eigenvalue weighted by Gasteiger charge is -2.54. The second-order valence-corrected chi connectivity index (χ2v) is 8.62. The molecule has 5 atom stereocenters. The molecule has 0 spiro atoms. The molecule has 126 valence electrons. The van der Waals surface area contributed by atoms with Gasteiger partial charge in [0.2, 0.25) is 0 Å². The first-order valence-electron chi connectivity index (χ1n) is 9.54. The van der Waals surface area contributed by atoms with Crippen LogP contribution in [0.4, 0.5) is 0 Å². The molecule has 23 heavy (non-hydrogen) atoms. The van der Waals surface area contributed by atoms with Gasteiger partial charge in [-0.05, 0) is 75.0 Å². The van der Waals surface area contributed by atoms with E-state index < -0.39 is 0 Å². The Kier molecular flexibility index (Phi) is 3.70. The van der Waals surface area contributed by atoms with Crippen molar-refractivity contribution in [3.05, 3.63) is 22.8 Å². The molecule has 2 fully saturated rings. The van der Waals surface area contributed by atoms with Crippen molar-refractivity contribution in [1.82, 2.24) is 0 Å². The van der Waals surface area contributed by atoms with E-state index in [2.05, 4.69) is 19.9 Å². The van der Waals surface area contributed by atoms with Gasteiger partial charge in [-0.15, -0.1) is 0 Å². The van der Waals surface area contributed by atoms with Crippen LogP contribution in [0, 0.1) is 23.2 Å². The number of allylic oxidation sites excluding steroid dienone is 3. The van der Waals surface area contributed by atoms with Crippen molar-refractivity contribution in [2.75, 3.05) is 0 Å². The first-order valence-corrected chi connectivity index (χ1v) is 9.54. The van der Waals surface area contributed by atoms with Gasteiger partial charge in [-0.25, -0.2) is 0 Å². The fourth-order valence-corrected chi connectivity index (χ4v) is 6.38. The average molecular weight is 314 g/mol. The Morgan fingerprint density at radius 1 is 1.26 bits per heavy atom. The maximum Gasteiger partial charge on any atom is 0.302 e. The zero-order valence-corrected chi connectivity index (χ0v) is 14.9. The molecule has 0 aromatic heterocycles. The van der Waals surface area contributed by atoms with Crippen LogP contribution in [0.1, 0.15) is 72.1 Å². The standard InChI is InChI=1S/C21H30O2/c1-13-4-6-18-17(13)8-9-20-19(18)7-5-15-12-16(23-14(2)22)10-11-21(15,20)3/h5,16,18-20H,4,6-12H2,1-3H3/t16-,18+,19-,20-,21-/m0/s1. The largest absolute Gasteiger partial charge is 0.462 e. The molecule has 4 aliphatic rings. The zero-order valence-electron chi connectivity index (χ0n) is 14.9. The van der Waals surface area contributed by atoms with Gasteiger partial charge in [0.1, 0.15) is 6.10 Å². The SMILES string of the molecule is CC(=O)O[C@H]1CC[C@@]2(C)C(=CC[C@H]3[C@@H]4CCC(C)=C4CC[C@@H]32)C1. The number of rotatable bonds is 1. The van der Waals surface area contributed by atoms with E-state index in [4.69, 9.17) is 4.74 Å². The molecular weight excluding hydrogens is 284 g/mol. The quantitative estimate of drug-likeness (QED) is 0.492. The summed E-state index contributed by atoms with van der Waals surface area (Å²) in [5.74, 6) is 2.46. The molecule has 0 N–H and O–H groups in total. The molecule has 2 saturated carbocycles. The van der Waals surface area contributed by atoms with Crippen LogP contribution in [0.25, 0.3) is 0 Å². The predicted octanol–water partition coefficient (Wildman–Crippen LogP) is 5.19. The second-order valence-electron chi connectivity index (χ2n) is 8.62. The highest BCUT2D eigenvalue weighted by molar-refractivity contribution is 5.66. The lowest BCUT2D eigenvalue weighted by Crippen LogP contribution is -2.46. The van der Waals surface area contributed by atoms with E-state index in [1.54, 1.807) is 11.1 Å². The van der Waals surface area contributed by atoms with Gasteiger partial charge in [0.25, 0.3) is 0 Å². The third kappa shape index (κ3) is 2.40. The Bertz CT molecular complexity index is 585. The van der Waals surface area contributed by atoms with Crippen LogP contribution in [0.5, 0.6) is 0 Å². The molecule has 0 unspecified atom stereocenters. The molecule has 4 rings (SSSR count). The first-order chi connectivity index (χ1) is 11.0. The molecule has 2 nitrogen and oxygen atoms in total. The number of fused-ring (bicyclic) bond motifs is 5. The fraction of sp³-hybridized carbons (Fsp3) is 0.762. The lowest BCUT2D eigenvalue weighted by atomic mass is 9.51. The molecule has 4 aliphatic carbocycles. The number of carbonyl (C=O) groups is 1. The van der Waals surface area contributed by atoms with E-state index in [9.17, 15) is 4.79 Å². The summed E-state index contributed by atoms with van der Waals surface area (Å²) in [6.45, 7) is 6.42. The van der Waals surface area contributed by atoms with E-state index in [-0.39, 0.29) is 12.1 Å². The van der Waals surface area contributed by atoms with Gasteiger partial charge in [0, 0.05) is 13.3 Å². The van der Waals surface area contributed by atoms with Crippen molar-refractivity contribution in [1.29, 1.82) is 0 Å². The number of hydrogen-bond acceptors (Lipinski definition) is 2. The summed E-state index contributed by atoms with van der Waals surface area (Å²) >= 11 is 0. The summed E-state index contributed by atoms with van der Waals surface area (Å²) in [6.07, 6.45) is 12.6. The Morgan fingerprint density at radius 3 is 2.87 bits per heavy atom. The van der Waals surface area contributed by atoms with Crippen molar-refractivity contribution in [2.45, 2.75) is 78.2 Å². The monoisotopic (exact) mass is 314 g/mol. The van der Waals surface area contributed by atoms with Gasteiger partial charge in [0.15, 0.2) is 0 Å². The summed E-state index contributed by atoms with van der Waals surface area (Å²) in [4.78, 5) is 11.3. The highest BCUT2D eigenvalue weighted by Gasteiger charge is 2.51. The van der Waals surface area contributed by atoms with Crippen molar-refractivity contribution < 1.29 is 9.53 Å². The third-order valence-electron chi connectivity index (χ3n) is 7.54. The van der Waals surface area contributed by atoms with Gasteiger partial charge in [-0.3, -0.25) is 4.79 Å². The van der Waals surface area contributed by atoms with Crippen molar-refractivity contribution >= 4 is 5.97 Å². The summed E-state index contributed by atoms with van der Waals surface area (Å²) in [5.41, 5.74) is 5.48. The summed E-state index contributed by atoms with van der Waals surface area (Å²) in [6, 6.07) is 0. The number of ether oxygens (including phenoxy) is 1. The van der Waals surface area contributed by atoms with Crippen LogP contribution >= 0.6 is 0 Å². The molecule has 0 saturated heterocycles. The fourth-order valence-electron chi connectivity index (χ4n) is 6.38. The van der Waals surface area contributed by atoms with E-state index in [1.807, 2.05) is 5.57 Å². The van der Waals surface area contributed by atoms with Gasteiger partial charge in [-0.1, -0.05) is 29.7 Å². The summed E-state index contributed by atoms with van der Waals surface area (Å²) in [5, 5.41) is 0. The Labute approximate surface area is 140 Å². The Hall–Kier alpha value is -1.05. The van der Waals surface area contributed by atoms with Crippen LogP contribution in [0.15, 0.2) is 22.8 Å². The van der Waals surface area contributed by atoms with Crippen LogP contribution in [0.2, 0.25) is 0 Å². The highest BCUT2D eigenvalue weighted by Crippen LogP contribution is 2.61. The lowest BCUT2D eigenvalue weighted by molar-refractivity contribution is -0.148. The molecule has 2 heteroatoms. The van der Waals surface area contributed by atoms with E-state index >= 15 is 0 Å². The first kappa shape index (κ1) is 15.5. The van der Waals surface area contributed by atoms with E-state index in [0.29, 0.717) is 5.41 Å². The van der Waals surface area contributed by atoms with Crippen LogP contribution < -0.4 is 0 Å². The molecule has 0 aromatic rings. The van der Waals surface area contributed by atoms with Gasteiger partial charge in [0.05, 0.1) is 0 Å². The molecule has 0 aromatic carbocycles. The summed E-state index contributed by atoms with van der Waals surface area (Å²) < 4.78 is 5.52. The van der Waals surface area contributed by atoms with Gasteiger partial charge in [-0.2, -0.15) is 0 Å². The topological polar surface area (TPSA) is 26.3 Å². The van der Waals surface area contributed by atoms with Crippen molar-refractivity contribution in [3.63, 3.8) is 0 Å². The minimum Gasteiger partial charge on any atom is -0.462 e. The van der Waals surface area contributed by atoms with Crippen molar-refractivity contribution in [2.24, 2.45) is 23.2 Å². The van der Waals surface area contributed by atoms with Crippen LogP contribution in [-0.4, -0.2) is 12.1 Å². The van der Waals surface area contributed by atoms with E-state index in [0.717, 1.165) is 30.6 Å². The Morgan fingerprint density at radius 2 is 2.09 bits per heavy atom. The molecule has 0 bridgehead atoms. The number of hydrogen-bond donors (Lipinski definition) is 0. The van der Waals surface area contributed by atoms with Gasteiger partial charge < -0.3 is 4.74 Å². The number of carbonyl (C=O) groups excluding carboxylic acids is 1. The van der Waals surface area contributed by atoms with Gasteiger partial charge >= 0.3 is 5.97 Å².